The highest BCUT2D eigenvalue weighted by Crippen LogP contribution is 2.48. The van der Waals surface area contributed by atoms with Gasteiger partial charge in [-0.1, -0.05) is 0 Å². The summed E-state index contributed by atoms with van der Waals surface area (Å²) in [5, 5.41) is 6.20. The number of primary amides is 1. The molecule has 0 saturated carbocycles. The third kappa shape index (κ3) is 3.46. The van der Waals surface area contributed by atoms with Gasteiger partial charge in [-0.05, 0) is 39.3 Å². The first kappa shape index (κ1) is 19.4. The maximum atomic E-state index is 13.0. The molecule has 3 heterocycles. The van der Waals surface area contributed by atoms with Crippen LogP contribution in [0.25, 0.3) is 0 Å². The van der Waals surface area contributed by atoms with Crippen molar-refractivity contribution < 1.29 is 23.1 Å². The number of hydrogen-bond donors (Lipinski definition) is 2. The Morgan fingerprint density at radius 3 is 2.63 bits per heavy atom. The molecule has 146 valence electrons. The van der Waals surface area contributed by atoms with Crippen molar-refractivity contribution in [3.8, 4) is 0 Å². The molecule has 1 aliphatic heterocycles. The van der Waals surface area contributed by atoms with E-state index in [0.29, 0.717) is 16.7 Å². The number of nitrogens with zero attached hydrogens (tertiary/aromatic N) is 2. The fourth-order valence-electron chi connectivity index (χ4n) is 3.48. The highest BCUT2D eigenvalue weighted by Gasteiger charge is 2.43. The summed E-state index contributed by atoms with van der Waals surface area (Å²) < 4.78 is 32.3. The van der Waals surface area contributed by atoms with Crippen LogP contribution in [0.4, 0.5) is 13.8 Å². The number of rotatable bonds is 4. The van der Waals surface area contributed by atoms with Crippen molar-refractivity contribution in [2.45, 2.75) is 51.9 Å². The first-order valence-electron chi connectivity index (χ1n) is 8.22. The van der Waals surface area contributed by atoms with Gasteiger partial charge in [0.05, 0.1) is 16.8 Å². The molecule has 0 aromatic carbocycles. The minimum Gasteiger partial charge on any atom is -0.365 e. The topological polar surface area (TPSA) is 99.2 Å². The molecule has 2 amide bonds. The van der Waals surface area contributed by atoms with Gasteiger partial charge in [0, 0.05) is 17.5 Å². The average molecular weight is 398 g/mol. The lowest BCUT2D eigenvalue weighted by Gasteiger charge is -2.41. The van der Waals surface area contributed by atoms with E-state index < -0.39 is 29.6 Å². The number of alkyl halides is 2. The molecule has 2 aromatic rings. The van der Waals surface area contributed by atoms with E-state index in [0.717, 1.165) is 22.4 Å². The highest BCUT2D eigenvalue weighted by atomic mass is 32.1. The zero-order valence-corrected chi connectivity index (χ0v) is 16.1. The molecule has 0 fully saturated rings. The maximum Gasteiger partial charge on any atom is 0.333 e. The third-order valence-electron chi connectivity index (χ3n) is 4.25. The number of anilines is 1. The number of nitrogens with two attached hydrogens (primary N) is 1. The minimum absolute atomic E-state index is 0.191. The predicted molar refractivity (Wildman–Crippen MR) is 96.2 cm³/mol. The lowest BCUT2D eigenvalue weighted by molar-refractivity contribution is -0.135. The van der Waals surface area contributed by atoms with Crippen LogP contribution in [-0.4, -0.2) is 27.2 Å². The van der Waals surface area contributed by atoms with Gasteiger partial charge in [-0.3, -0.25) is 9.59 Å². The number of amides is 2. The molecule has 10 heteroatoms. The molecule has 0 spiro atoms. The van der Waals surface area contributed by atoms with Crippen molar-refractivity contribution in [2.24, 2.45) is 5.73 Å². The number of carbonyl (C=O) groups is 2. The second-order valence-electron chi connectivity index (χ2n) is 7.42. The van der Waals surface area contributed by atoms with Gasteiger partial charge in [-0.15, -0.1) is 11.3 Å². The maximum absolute atomic E-state index is 13.0. The molecule has 0 bridgehead atoms. The van der Waals surface area contributed by atoms with E-state index in [1.807, 2.05) is 27.7 Å². The van der Waals surface area contributed by atoms with Crippen LogP contribution in [0.3, 0.4) is 0 Å². The molecule has 3 N–H and O–H groups in total. The molecule has 0 unspecified atom stereocenters. The van der Waals surface area contributed by atoms with E-state index in [9.17, 15) is 18.4 Å². The molecule has 0 atom stereocenters. The van der Waals surface area contributed by atoms with Crippen LogP contribution >= 0.6 is 11.3 Å². The molecule has 2 aromatic heterocycles. The Morgan fingerprint density at radius 2 is 2.04 bits per heavy atom. The van der Waals surface area contributed by atoms with Gasteiger partial charge in [-0.25, -0.2) is 0 Å². The monoisotopic (exact) mass is 398 g/mol. The highest BCUT2D eigenvalue weighted by molar-refractivity contribution is 7.17. The van der Waals surface area contributed by atoms with E-state index in [-0.39, 0.29) is 16.3 Å². The Bertz CT molecular complexity index is 917. The van der Waals surface area contributed by atoms with Crippen molar-refractivity contribution in [2.75, 3.05) is 5.32 Å². The lowest BCUT2D eigenvalue weighted by atomic mass is 9.86. The van der Waals surface area contributed by atoms with Gasteiger partial charge in [0.2, 0.25) is 0 Å². The summed E-state index contributed by atoms with van der Waals surface area (Å²) in [6.07, 6.45) is 1.54. The van der Waals surface area contributed by atoms with Gasteiger partial charge in [0.1, 0.15) is 10.7 Å². The normalized spacial score (nSPS) is 17.6. The number of nitrogens with one attached hydrogen (secondary N) is 1. The Kier molecular flexibility index (Phi) is 4.59. The largest absolute Gasteiger partial charge is 0.365 e. The molecule has 0 aliphatic carbocycles. The summed E-state index contributed by atoms with van der Waals surface area (Å²) in [5.41, 5.74) is 4.93. The molecule has 0 radical (unpaired) electrons. The summed E-state index contributed by atoms with van der Waals surface area (Å²) in [7, 11) is 0. The molecule has 7 nitrogen and oxygen atoms in total. The van der Waals surface area contributed by atoms with Crippen LogP contribution in [-0.2, 0) is 16.8 Å². The number of ether oxygens (including phenoxy) is 1. The summed E-state index contributed by atoms with van der Waals surface area (Å²) in [6.45, 7) is 4.58. The Labute approximate surface area is 158 Å². The van der Waals surface area contributed by atoms with E-state index in [2.05, 4.69) is 10.4 Å². The van der Waals surface area contributed by atoms with Crippen molar-refractivity contribution in [3.63, 3.8) is 0 Å². The molecular weight excluding hydrogens is 378 g/mol. The zero-order valence-electron chi connectivity index (χ0n) is 15.3. The number of carbonyl (C=O) groups excluding carboxylic acids is 2. The van der Waals surface area contributed by atoms with Gasteiger partial charge >= 0.3 is 6.55 Å². The van der Waals surface area contributed by atoms with E-state index in [1.165, 1.54) is 6.07 Å². The third-order valence-corrected chi connectivity index (χ3v) is 5.70. The second kappa shape index (κ2) is 6.38. The molecule has 27 heavy (non-hydrogen) atoms. The number of fused-ring (bicyclic) bond motifs is 1. The van der Waals surface area contributed by atoms with Gasteiger partial charge in [0.25, 0.3) is 11.8 Å². The van der Waals surface area contributed by atoms with Crippen molar-refractivity contribution >= 4 is 28.2 Å². The number of halogens is 2. The Morgan fingerprint density at radius 1 is 1.37 bits per heavy atom. The molecular formula is C17H20F2N4O3S. The summed E-state index contributed by atoms with van der Waals surface area (Å²) in [6, 6.07) is 1.18. The van der Waals surface area contributed by atoms with Crippen LogP contribution in [0.2, 0.25) is 0 Å². The Hall–Kier alpha value is -2.33. The van der Waals surface area contributed by atoms with Crippen LogP contribution in [0.5, 0.6) is 0 Å². The van der Waals surface area contributed by atoms with E-state index in [4.69, 9.17) is 10.5 Å². The fourth-order valence-corrected chi connectivity index (χ4v) is 4.74. The van der Waals surface area contributed by atoms with E-state index in [1.54, 1.807) is 0 Å². The van der Waals surface area contributed by atoms with Crippen molar-refractivity contribution in [1.82, 2.24) is 9.78 Å². The first-order chi connectivity index (χ1) is 12.4. The summed E-state index contributed by atoms with van der Waals surface area (Å²) in [4.78, 5) is 25.4. The first-order valence-corrected chi connectivity index (χ1v) is 9.04. The van der Waals surface area contributed by atoms with E-state index >= 15 is 0 Å². The molecule has 1 aliphatic rings. The minimum atomic E-state index is -2.96. The number of aromatic nitrogens is 2. The summed E-state index contributed by atoms with van der Waals surface area (Å²) in [5.74, 6) is -1.49. The SMILES string of the molecule is CC1(C)Cc2c(sc(NC(=O)c3ccnn3C(F)F)c2C(N)=O)C(C)(C)O1. The quantitative estimate of drug-likeness (QED) is 0.826. The number of hydrogen-bond acceptors (Lipinski definition) is 5. The van der Waals surface area contributed by atoms with Crippen LogP contribution in [0.1, 0.15) is 65.5 Å². The lowest BCUT2D eigenvalue weighted by Crippen LogP contribution is -2.42. The fraction of sp³-hybridized carbons (Fsp3) is 0.471. The van der Waals surface area contributed by atoms with Crippen LogP contribution in [0, 0.1) is 0 Å². The molecule has 3 rings (SSSR count). The van der Waals surface area contributed by atoms with Gasteiger partial charge in [0.15, 0.2) is 0 Å². The molecule has 0 saturated heterocycles. The summed E-state index contributed by atoms with van der Waals surface area (Å²) >= 11 is 1.16. The van der Waals surface area contributed by atoms with Crippen molar-refractivity contribution in [3.05, 3.63) is 34.0 Å². The zero-order chi connectivity index (χ0) is 20.1. The Balaban J connectivity index is 2.05. The van der Waals surface area contributed by atoms with Crippen LogP contribution in [0.15, 0.2) is 12.3 Å². The number of thiophene rings is 1. The second-order valence-corrected chi connectivity index (χ2v) is 8.44. The van der Waals surface area contributed by atoms with Crippen molar-refractivity contribution in [1.29, 1.82) is 0 Å². The average Bonchev–Trinajstić information content (AvgIpc) is 3.09. The van der Waals surface area contributed by atoms with Crippen LogP contribution < -0.4 is 11.1 Å². The standard InChI is InChI=1S/C17H20F2N4O3S/c1-16(2)7-8-10(12(20)24)14(27-11(8)17(3,4)26-16)22-13(25)9-5-6-21-23(9)15(18)19/h5-6,15H,7H2,1-4H3,(H2,20,24)(H,22,25). The predicted octanol–water partition coefficient (Wildman–Crippen LogP) is 3.28. The smallest absolute Gasteiger partial charge is 0.333 e. The van der Waals surface area contributed by atoms with Gasteiger partial charge < -0.3 is 15.8 Å². The van der Waals surface area contributed by atoms with Gasteiger partial charge in [-0.2, -0.15) is 18.6 Å².